The van der Waals surface area contributed by atoms with E-state index >= 15 is 0 Å². The smallest absolute Gasteiger partial charge is 0.267 e. The minimum absolute atomic E-state index is 0. The third kappa shape index (κ3) is 7.28. The molecule has 0 atom stereocenters. The van der Waals surface area contributed by atoms with Crippen LogP contribution in [0.15, 0.2) is 29.6 Å². The van der Waals surface area contributed by atoms with Crippen molar-refractivity contribution >= 4 is 11.6 Å². The van der Waals surface area contributed by atoms with Crippen LogP contribution < -0.4 is 5.43 Å². The molecule has 0 bridgehead atoms. The maximum Gasteiger partial charge on any atom is 2.00 e. The average molecular weight is 347 g/mol. The summed E-state index contributed by atoms with van der Waals surface area (Å²) in [6.07, 6.45) is 20.9. The van der Waals surface area contributed by atoms with E-state index in [0.29, 0.717) is 5.56 Å². The van der Waals surface area contributed by atoms with Crippen molar-refractivity contribution in [2.75, 3.05) is 0 Å². The SMILES string of the molecule is C/C(=N\NC(=O)c1ccncc1)[C]1[CH][CH][CH][CH]1.[CH]1[CH][CH][CH][CH]1.[Fe+2]. The maximum absolute atomic E-state index is 11.7. The van der Waals surface area contributed by atoms with E-state index in [1.807, 2.05) is 64.7 Å². The van der Waals surface area contributed by atoms with Gasteiger partial charge in [0.1, 0.15) is 0 Å². The van der Waals surface area contributed by atoms with Crippen molar-refractivity contribution in [1.29, 1.82) is 0 Å². The summed E-state index contributed by atoms with van der Waals surface area (Å²) in [6, 6.07) is 3.28. The summed E-state index contributed by atoms with van der Waals surface area (Å²) >= 11 is 0. The standard InChI is InChI=1S/C13H12N3O.C5H5.Fe/c1-10(11-4-2-3-5-11)15-16-13(17)12-6-8-14-9-7-12;1-2-4-5-3-1;/h2-9H,1H3,(H,16,17);1-5H;/q;;+2/b15-10+;;. The van der Waals surface area contributed by atoms with E-state index in [4.69, 9.17) is 0 Å². The van der Waals surface area contributed by atoms with Gasteiger partial charge in [-0.05, 0) is 76.8 Å². The zero-order chi connectivity index (χ0) is 15.6. The molecule has 2 fully saturated rings. The van der Waals surface area contributed by atoms with Crippen LogP contribution in [0.3, 0.4) is 0 Å². The number of hydrogen-bond donors (Lipinski definition) is 1. The zero-order valence-corrected chi connectivity index (χ0v) is 13.8. The fourth-order valence-corrected chi connectivity index (χ4v) is 1.70. The van der Waals surface area contributed by atoms with Crippen molar-refractivity contribution in [1.82, 2.24) is 10.4 Å². The molecule has 1 aromatic heterocycles. The topological polar surface area (TPSA) is 54.4 Å². The van der Waals surface area contributed by atoms with E-state index in [2.05, 4.69) is 15.5 Å². The first kappa shape index (κ1) is 19.9. The van der Waals surface area contributed by atoms with Crippen molar-refractivity contribution in [2.24, 2.45) is 5.10 Å². The van der Waals surface area contributed by atoms with Gasteiger partial charge in [-0.2, -0.15) is 5.10 Å². The Morgan fingerprint density at radius 2 is 1.48 bits per heavy atom. The Labute approximate surface area is 150 Å². The number of carbonyl (C=O) groups excluding carboxylic acids is 1. The van der Waals surface area contributed by atoms with Gasteiger partial charge in [-0.15, -0.1) is 0 Å². The molecule has 0 aliphatic heterocycles. The average Bonchev–Trinajstić information content (AvgIpc) is 3.28. The molecule has 1 heterocycles. The molecule has 1 aromatic rings. The molecule has 2 aliphatic rings. The van der Waals surface area contributed by atoms with Crippen molar-refractivity contribution in [3.05, 3.63) is 93.8 Å². The molecular formula is C18H17FeN3O+2. The number of nitrogens with zero attached hydrogens (tertiary/aromatic N) is 2. The molecule has 0 saturated heterocycles. The number of carbonyl (C=O) groups is 1. The summed E-state index contributed by atoms with van der Waals surface area (Å²) in [5.41, 5.74) is 3.82. The Kier molecular flexibility index (Phi) is 9.81. The maximum atomic E-state index is 11.7. The number of hydrogen-bond acceptors (Lipinski definition) is 3. The molecule has 3 rings (SSSR count). The van der Waals surface area contributed by atoms with Gasteiger partial charge < -0.3 is 0 Å². The van der Waals surface area contributed by atoms with Crippen LogP contribution in [-0.4, -0.2) is 16.6 Å². The molecule has 0 unspecified atom stereocenters. The van der Waals surface area contributed by atoms with Gasteiger partial charge in [-0.25, -0.2) is 5.43 Å². The third-order valence-corrected chi connectivity index (χ3v) is 2.90. The van der Waals surface area contributed by atoms with Crippen LogP contribution in [0.1, 0.15) is 17.3 Å². The van der Waals surface area contributed by atoms with E-state index in [-0.39, 0.29) is 23.0 Å². The number of nitrogens with one attached hydrogen (secondary N) is 1. The van der Waals surface area contributed by atoms with Crippen molar-refractivity contribution < 1.29 is 21.9 Å². The Bertz CT molecular complexity index is 473. The van der Waals surface area contributed by atoms with Crippen LogP contribution in [0, 0.1) is 63.7 Å². The van der Waals surface area contributed by atoms with Crippen LogP contribution in [0.4, 0.5) is 0 Å². The van der Waals surface area contributed by atoms with Crippen LogP contribution >= 0.6 is 0 Å². The van der Waals surface area contributed by atoms with Gasteiger partial charge in [-0.1, -0.05) is 0 Å². The van der Waals surface area contributed by atoms with Gasteiger partial charge in [0.25, 0.3) is 5.91 Å². The van der Waals surface area contributed by atoms with Gasteiger partial charge in [0.15, 0.2) is 0 Å². The van der Waals surface area contributed by atoms with Crippen molar-refractivity contribution in [2.45, 2.75) is 6.92 Å². The second-order valence-corrected chi connectivity index (χ2v) is 4.51. The molecule has 1 N–H and O–H groups in total. The minimum atomic E-state index is -0.238. The largest absolute Gasteiger partial charge is 2.00 e. The van der Waals surface area contributed by atoms with Gasteiger partial charge in [0, 0.05) is 29.6 Å². The summed E-state index contributed by atoms with van der Waals surface area (Å²) in [4.78, 5) is 15.5. The van der Waals surface area contributed by atoms with Crippen molar-refractivity contribution in [3.8, 4) is 0 Å². The molecule has 2 saturated carbocycles. The summed E-state index contributed by atoms with van der Waals surface area (Å²) in [5.74, 6) is 0.762. The Morgan fingerprint density at radius 1 is 0.957 bits per heavy atom. The number of hydrazone groups is 1. The molecule has 1 amide bonds. The van der Waals surface area contributed by atoms with Crippen LogP contribution in [0.25, 0.3) is 0 Å². The normalized spacial score (nSPS) is 17.9. The van der Waals surface area contributed by atoms with E-state index in [1.54, 1.807) is 24.5 Å². The van der Waals surface area contributed by atoms with Crippen LogP contribution in [-0.2, 0) is 17.1 Å². The summed E-state index contributed by atoms with van der Waals surface area (Å²) in [5, 5.41) is 4.04. The number of rotatable bonds is 3. The molecule has 10 radical (unpaired) electrons. The first-order chi connectivity index (χ1) is 10.8. The second-order valence-electron chi connectivity index (χ2n) is 4.51. The second kappa shape index (κ2) is 11.4. The predicted octanol–water partition coefficient (Wildman–Crippen LogP) is 2.61. The van der Waals surface area contributed by atoms with Gasteiger partial charge in [-0.3, -0.25) is 9.78 Å². The van der Waals surface area contributed by atoms with E-state index in [1.165, 1.54) is 0 Å². The molecule has 5 heteroatoms. The predicted molar refractivity (Wildman–Crippen MR) is 86.8 cm³/mol. The van der Waals surface area contributed by atoms with E-state index < -0.39 is 0 Å². The third-order valence-electron chi connectivity index (χ3n) is 2.90. The molecule has 4 nitrogen and oxygen atoms in total. The Morgan fingerprint density at radius 3 is 2.00 bits per heavy atom. The quantitative estimate of drug-likeness (QED) is 0.519. The first-order valence-electron chi connectivity index (χ1n) is 6.91. The van der Waals surface area contributed by atoms with Gasteiger partial charge in [0.2, 0.25) is 0 Å². The van der Waals surface area contributed by atoms with Gasteiger partial charge >= 0.3 is 17.1 Å². The number of aromatic nitrogens is 1. The van der Waals surface area contributed by atoms with Crippen LogP contribution in [0.5, 0.6) is 0 Å². The molecule has 0 spiro atoms. The van der Waals surface area contributed by atoms with Gasteiger partial charge in [0.05, 0.1) is 0 Å². The minimum Gasteiger partial charge on any atom is -0.267 e. The Hall–Kier alpha value is -1.19. The molecule has 2 aliphatic carbocycles. The number of amides is 1. The molecule has 0 aromatic carbocycles. The van der Waals surface area contributed by atoms with Crippen LogP contribution in [0.2, 0.25) is 0 Å². The van der Waals surface area contributed by atoms with Crippen molar-refractivity contribution in [3.63, 3.8) is 0 Å². The summed E-state index contributed by atoms with van der Waals surface area (Å²) in [7, 11) is 0. The fourth-order valence-electron chi connectivity index (χ4n) is 1.70. The monoisotopic (exact) mass is 347 g/mol. The summed E-state index contributed by atoms with van der Waals surface area (Å²) in [6.45, 7) is 1.85. The number of pyridine rings is 1. The summed E-state index contributed by atoms with van der Waals surface area (Å²) < 4.78 is 0. The fraction of sp³-hybridized carbons (Fsp3) is 0.0556. The van der Waals surface area contributed by atoms with E-state index in [0.717, 1.165) is 11.6 Å². The first-order valence-corrected chi connectivity index (χ1v) is 6.91. The zero-order valence-electron chi connectivity index (χ0n) is 12.7. The van der Waals surface area contributed by atoms with E-state index in [9.17, 15) is 4.79 Å². The Balaban J connectivity index is 0.000000377. The molecule has 23 heavy (non-hydrogen) atoms. The molecular weight excluding hydrogens is 330 g/mol. The molecule has 116 valence electrons.